The average Bonchev–Trinajstić information content (AvgIpc) is 2.73. The number of aromatic nitrogens is 1. The number of carbonyl (C=O) groups excluding carboxylic acids is 1. The molecule has 1 aromatic heterocycles. The van der Waals surface area contributed by atoms with E-state index in [4.69, 9.17) is 5.73 Å². The summed E-state index contributed by atoms with van der Waals surface area (Å²) in [6.07, 6.45) is 2.65. The van der Waals surface area contributed by atoms with Gasteiger partial charge in [-0.25, -0.2) is 4.98 Å². The van der Waals surface area contributed by atoms with E-state index in [0.717, 1.165) is 26.1 Å². The topological polar surface area (TPSA) is 71.2 Å². The second-order valence-corrected chi connectivity index (χ2v) is 4.60. The van der Waals surface area contributed by atoms with Crippen LogP contribution in [-0.4, -0.2) is 42.5 Å². The Kier molecular flexibility index (Phi) is 3.58. The van der Waals surface area contributed by atoms with E-state index in [9.17, 15) is 4.79 Å². The molecule has 1 saturated heterocycles. The fourth-order valence-corrected chi connectivity index (χ4v) is 2.07. The summed E-state index contributed by atoms with van der Waals surface area (Å²) < 4.78 is 0. The van der Waals surface area contributed by atoms with Gasteiger partial charge in [0.15, 0.2) is 0 Å². The summed E-state index contributed by atoms with van der Waals surface area (Å²) in [5.41, 5.74) is 6.03. The first kappa shape index (κ1) is 11.9. The molecule has 0 spiro atoms. The number of nitrogen functional groups attached to an aromatic ring is 1. The van der Waals surface area contributed by atoms with Gasteiger partial charge in [0.1, 0.15) is 5.82 Å². The van der Waals surface area contributed by atoms with E-state index in [2.05, 4.69) is 22.2 Å². The van der Waals surface area contributed by atoms with Crippen molar-refractivity contribution in [2.24, 2.45) is 5.92 Å². The second kappa shape index (κ2) is 5.14. The van der Waals surface area contributed by atoms with Gasteiger partial charge >= 0.3 is 0 Å². The maximum atomic E-state index is 11.8. The molecule has 2 rings (SSSR count). The Bertz CT molecular complexity index is 390. The SMILES string of the molecule is CN1CCC(CNC(=O)c2ccc(N)nc2)C1. The van der Waals surface area contributed by atoms with E-state index < -0.39 is 0 Å². The lowest BCUT2D eigenvalue weighted by molar-refractivity contribution is 0.0947. The summed E-state index contributed by atoms with van der Waals surface area (Å²) in [7, 11) is 2.10. The molecule has 5 heteroatoms. The van der Waals surface area contributed by atoms with Gasteiger partial charge in [-0.15, -0.1) is 0 Å². The lowest BCUT2D eigenvalue weighted by atomic mass is 10.1. The zero-order valence-corrected chi connectivity index (χ0v) is 10.0. The Morgan fingerprint density at radius 2 is 2.47 bits per heavy atom. The third kappa shape index (κ3) is 3.17. The highest BCUT2D eigenvalue weighted by Gasteiger charge is 2.19. The van der Waals surface area contributed by atoms with Gasteiger partial charge in [0.25, 0.3) is 5.91 Å². The smallest absolute Gasteiger partial charge is 0.252 e. The first-order valence-corrected chi connectivity index (χ1v) is 5.83. The van der Waals surface area contributed by atoms with Gasteiger partial charge in [0.05, 0.1) is 5.56 Å². The van der Waals surface area contributed by atoms with Crippen LogP contribution in [0.4, 0.5) is 5.82 Å². The van der Waals surface area contributed by atoms with Crippen LogP contribution in [0.25, 0.3) is 0 Å². The molecule has 0 saturated carbocycles. The fraction of sp³-hybridized carbons (Fsp3) is 0.500. The van der Waals surface area contributed by atoms with Crippen LogP contribution in [0.1, 0.15) is 16.8 Å². The van der Waals surface area contributed by atoms with Crippen LogP contribution >= 0.6 is 0 Å². The van der Waals surface area contributed by atoms with Crippen molar-refractivity contribution in [3.05, 3.63) is 23.9 Å². The number of nitrogens with zero attached hydrogens (tertiary/aromatic N) is 2. The number of nitrogens with two attached hydrogens (primary N) is 1. The maximum absolute atomic E-state index is 11.8. The van der Waals surface area contributed by atoms with E-state index >= 15 is 0 Å². The van der Waals surface area contributed by atoms with Gasteiger partial charge in [-0.3, -0.25) is 4.79 Å². The van der Waals surface area contributed by atoms with E-state index in [1.54, 1.807) is 12.1 Å². The minimum absolute atomic E-state index is 0.0768. The van der Waals surface area contributed by atoms with Crippen LogP contribution in [0.3, 0.4) is 0 Å². The fourth-order valence-electron chi connectivity index (χ4n) is 2.07. The first-order valence-electron chi connectivity index (χ1n) is 5.83. The van der Waals surface area contributed by atoms with E-state index in [-0.39, 0.29) is 5.91 Å². The number of anilines is 1. The van der Waals surface area contributed by atoms with Gasteiger partial charge in [0, 0.05) is 19.3 Å². The van der Waals surface area contributed by atoms with E-state index in [1.807, 2.05) is 0 Å². The van der Waals surface area contributed by atoms with Gasteiger partial charge < -0.3 is 16.0 Å². The van der Waals surface area contributed by atoms with Crippen molar-refractivity contribution in [1.82, 2.24) is 15.2 Å². The Hall–Kier alpha value is -1.62. The minimum Gasteiger partial charge on any atom is -0.384 e. The molecule has 1 fully saturated rings. The molecule has 1 atom stereocenters. The van der Waals surface area contributed by atoms with Crippen LogP contribution in [0.2, 0.25) is 0 Å². The van der Waals surface area contributed by atoms with Crippen molar-refractivity contribution in [3.8, 4) is 0 Å². The summed E-state index contributed by atoms with van der Waals surface area (Å²) >= 11 is 0. The minimum atomic E-state index is -0.0768. The predicted octanol–water partition coefficient (Wildman–Crippen LogP) is 0.345. The molecule has 1 amide bonds. The van der Waals surface area contributed by atoms with Gasteiger partial charge in [-0.2, -0.15) is 0 Å². The van der Waals surface area contributed by atoms with Gasteiger partial charge in [-0.1, -0.05) is 0 Å². The zero-order chi connectivity index (χ0) is 12.3. The Morgan fingerprint density at radius 1 is 1.65 bits per heavy atom. The summed E-state index contributed by atoms with van der Waals surface area (Å²) in [5, 5.41) is 2.93. The van der Waals surface area contributed by atoms with Crippen molar-refractivity contribution in [2.45, 2.75) is 6.42 Å². The number of pyridine rings is 1. The van der Waals surface area contributed by atoms with Crippen LogP contribution in [0.5, 0.6) is 0 Å². The van der Waals surface area contributed by atoms with Crippen molar-refractivity contribution >= 4 is 11.7 Å². The number of likely N-dealkylation sites (tertiary alicyclic amines) is 1. The molecule has 2 heterocycles. The molecule has 1 aromatic rings. The molecular formula is C12H18N4O. The molecule has 1 aliphatic heterocycles. The Labute approximate surface area is 101 Å². The van der Waals surface area contributed by atoms with Crippen molar-refractivity contribution in [2.75, 3.05) is 32.4 Å². The van der Waals surface area contributed by atoms with Crippen molar-refractivity contribution in [1.29, 1.82) is 0 Å². The van der Waals surface area contributed by atoms with Gasteiger partial charge in [0.2, 0.25) is 0 Å². The molecule has 3 N–H and O–H groups in total. The number of hydrogen-bond donors (Lipinski definition) is 2. The molecule has 1 unspecified atom stereocenters. The maximum Gasteiger partial charge on any atom is 0.252 e. The van der Waals surface area contributed by atoms with Crippen molar-refractivity contribution < 1.29 is 4.79 Å². The summed E-state index contributed by atoms with van der Waals surface area (Å²) in [6.45, 7) is 2.90. The lowest BCUT2D eigenvalue weighted by Gasteiger charge is -2.11. The molecule has 5 nitrogen and oxygen atoms in total. The highest BCUT2D eigenvalue weighted by Crippen LogP contribution is 2.13. The molecule has 0 bridgehead atoms. The molecule has 0 aromatic carbocycles. The van der Waals surface area contributed by atoms with E-state index in [0.29, 0.717) is 17.3 Å². The third-order valence-electron chi connectivity index (χ3n) is 3.09. The highest BCUT2D eigenvalue weighted by molar-refractivity contribution is 5.93. The zero-order valence-electron chi connectivity index (χ0n) is 10.0. The third-order valence-corrected chi connectivity index (χ3v) is 3.09. The molecule has 92 valence electrons. The monoisotopic (exact) mass is 234 g/mol. The Morgan fingerprint density at radius 3 is 3.06 bits per heavy atom. The van der Waals surface area contributed by atoms with Crippen LogP contribution in [0.15, 0.2) is 18.3 Å². The quantitative estimate of drug-likeness (QED) is 0.791. The molecule has 0 radical (unpaired) electrons. The summed E-state index contributed by atoms with van der Waals surface area (Å²) in [5.74, 6) is 0.914. The number of rotatable bonds is 3. The average molecular weight is 234 g/mol. The largest absolute Gasteiger partial charge is 0.384 e. The first-order chi connectivity index (χ1) is 8.15. The number of carbonyl (C=O) groups is 1. The summed E-state index contributed by atoms with van der Waals surface area (Å²) in [4.78, 5) is 18.0. The second-order valence-electron chi connectivity index (χ2n) is 4.60. The van der Waals surface area contributed by atoms with Crippen LogP contribution in [0, 0.1) is 5.92 Å². The van der Waals surface area contributed by atoms with Crippen LogP contribution in [-0.2, 0) is 0 Å². The molecule has 0 aliphatic carbocycles. The molecular weight excluding hydrogens is 216 g/mol. The Balaban J connectivity index is 1.83. The molecule has 1 aliphatic rings. The number of nitrogens with one attached hydrogen (secondary N) is 1. The van der Waals surface area contributed by atoms with Crippen LogP contribution < -0.4 is 11.1 Å². The summed E-state index contributed by atoms with van der Waals surface area (Å²) in [6, 6.07) is 3.33. The number of amides is 1. The predicted molar refractivity (Wildman–Crippen MR) is 66.6 cm³/mol. The standard InChI is InChI=1S/C12H18N4O/c1-16-5-4-9(8-16)6-15-12(17)10-2-3-11(13)14-7-10/h2-3,7,9H,4-6,8H2,1H3,(H2,13,14)(H,15,17). The normalized spacial score (nSPS) is 20.4. The van der Waals surface area contributed by atoms with Gasteiger partial charge in [-0.05, 0) is 38.1 Å². The lowest BCUT2D eigenvalue weighted by Crippen LogP contribution is -2.30. The number of hydrogen-bond acceptors (Lipinski definition) is 4. The molecule has 17 heavy (non-hydrogen) atoms. The highest BCUT2D eigenvalue weighted by atomic mass is 16.1. The van der Waals surface area contributed by atoms with Crippen molar-refractivity contribution in [3.63, 3.8) is 0 Å². The van der Waals surface area contributed by atoms with E-state index in [1.165, 1.54) is 6.20 Å².